The Kier molecular flexibility index (Phi) is 12.3. The van der Waals surface area contributed by atoms with E-state index in [2.05, 4.69) is 13.8 Å². The van der Waals surface area contributed by atoms with E-state index in [4.69, 9.17) is 0 Å². The van der Waals surface area contributed by atoms with Gasteiger partial charge in [0.25, 0.3) is 0 Å². The molecule has 0 aliphatic heterocycles. The molecule has 1 spiro atoms. The third-order valence-corrected chi connectivity index (χ3v) is 4.67. The fourth-order valence-electron chi connectivity index (χ4n) is 3.25. The first-order valence-electron chi connectivity index (χ1n) is 8.20. The lowest BCUT2D eigenvalue weighted by Gasteiger charge is -2.44. The first-order valence-corrected chi connectivity index (χ1v) is 8.20. The predicted octanol–water partition coefficient (Wildman–Crippen LogP) is 7.08. The van der Waals surface area contributed by atoms with Crippen molar-refractivity contribution >= 4 is 0 Å². The average Bonchev–Trinajstić information content (AvgIpc) is 2.42. The summed E-state index contributed by atoms with van der Waals surface area (Å²) < 4.78 is 0. The van der Waals surface area contributed by atoms with Gasteiger partial charge in [-0.3, -0.25) is 0 Å². The Morgan fingerprint density at radius 3 is 1.06 bits per heavy atom. The van der Waals surface area contributed by atoms with Crippen LogP contribution in [-0.4, -0.2) is 0 Å². The van der Waals surface area contributed by atoms with Crippen molar-refractivity contribution in [2.24, 2.45) is 17.3 Å². The Morgan fingerprint density at radius 1 is 0.611 bits per heavy atom. The summed E-state index contributed by atoms with van der Waals surface area (Å²) in [5.74, 6) is 2.04. The van der Waals surface area contributed by atoms with Gasteiger partial charge in [-0.15, -0.1) is 0 Å². The van der Waals surface area contributed by atoms with Crippen molar-refractivity contribution in [3.8, 4) is 0 Å². The molecule has 2 rings (SSSR count). The van der Waals surface area contributed by atoms with Crippen LogP contribution in [0.1, 0.15) is 100 Å². The molecule has 0 amide bonds. The molecule has 0 heteroatoms. The molecule has 2 aliphatic carbocycles. The monoisotopic (exact) mass is 256 g/mol. The van der Waals surface area contributed by atoms with Gasteiger partial charge in [0, 0.05) is 0 Å². The lowest BCUT2D eigenvalue weighted by atomic mass is 9.62. The molecule has 18 heavy (non-hydrogen) atoms. The van der Waals surface area contributed by atoms with Gasteiger partial charge in [-0.2, -0.15) is 0 Å². The van der Waals surface area contributed by atoms with Crippen molar-refractivity contribution in [2.75, 3.05) is 0 Å². The van der Waals surface area contributed by atoms with Crippen molar-refractivity contribution < 1.29 is 0 Å². The fraction of sp³-hybridized carbons (Fsp3) is 1.00. The smallest absolute Gasteiger partial charge is 0.0297 e. The van der Waals surface area contributed by atoms with E-state index in [0.29, 0.717) is 0 Å². The van der Waals surface area contributed by atoms with Crippen LogP contribution in [0, 0.1) is 17.3 Å². The van der Waals surface area contributed by atoms with Crippen molar-refractivity contribution in [1.29, 1.82) is 0 Å². The van der Waals surface area contributed by atoms with Crippen LogP contribution < -0.4 is 0 Å². The highest BCUT2D eigenvalue weighted by atomic mass is 14.4. The molecule has 0 saturated heterocycles. The van der Waals surface area contributed by atoms with Gasteiger partial charge in [0.05, 0.1) is 0 Å². The molecule has 2 aliphatic rings. The lowest BCUT2D eigenvalue weighted by Crippen LogP contribution is -2.30. The van der Waals surface area contributed by atoms with E-state index in [1.165, 1.54) is 25.7 Å². The van der Waals surface area contributed by atoms with E-state index < -0.39 is 0 Å². The largest absolute Gasteiger partial charge is 0.0776 e. The number of rotatable bonds is 0. The van der Waals surface area contributed by atoms with Crippen LogP contribution in [0.15, 0.2) is 0 Å². The SMILES string of the molecule is C.CC.CC.CC1CCC2(CC1)CCC(C)CC2. The van der Waals surface area contributed by atoms with Crippen LogP contribution in [0.2, 0.25) is 0 Å². The predicted molar refractivity (Wildman–Crippen MR) is 87.1 cm³/mol. The van der Waals surface area contributed by atoms with Gasteiger partial charge >= 0.3 is 0 Å². The van der Waals surface area contributed by atoms with Crippen LogP contribution in [0.4, 0.5) is 0 Å². The Labute approximate surface area is 118 Å². The second-order valence-corrected chi connectivity index (χ2v) is 5.87. The molecule has 0 nitrogen and oxygen atoms in total. The molecule has 0 heterocycles. The zero-order valence-corrected chi connectivity index (χ0v) is 13.3. The van der Waals surface area contributed by atoms with Gasteiger partial charge in [0.1, 0.15) is 0 Å². The van der Waals surface area contributed by atoms with Gasteiger partial charge in [-0.1, -0.05) is 74.7 Å². The van der Waals surface area contributed by atoms with Gasteiger partial charge < -0.3 is 0 Å². The van der Waals surface area contributed by atoms with E-state index in [1.807, 2.05) is 27.7 Å². The minimum absolute atomic E-state index is 0. The molecule has 2 saturated carbocycles. The van der Waals surface area contributed by atoms with Crippen LogP contribution in [0.25, 0.3) is 0 Å². The minimum Gasteiger partial charge on any atom is -0.0776 e. The van der Waals surface area contributed by atoms with Gasteiger partial charge in [0.2, 0.25) is 0 Å². The molecular weight excluding hydrogens is 216 g/mol. The van der Waals surface area contributed by atoms with Crippen molar-refractivity contribution in [3.05, 3.63) is 0 Å². The summed E-state index contributed by atoms with van der Waals surface area (Å²) in [6.45, 7) is 12.9. The standard InChI is InChI=1S/C13H24.2C2H6.CH4/c1-11-3-7-13(8-4-11)9-5-12(2)6-10-13;2*1-2;/h11-12H,3-10H2,1-2H3;2*1-2H3;1H4. The Morgan fingerprint density at radius 2 is 0.833 bits per heavy atom. The second kappa shape index (κ2) is 10.9. The van der Waals surface area contributed by atoms with Gasteiger partial charge in [-0.05, 0) is 42.9 Å². The summed E-state index contributed by atoms with van der Waals surface area (Å²) in [4.78, 5) is 0. The first-order chi connectivity index (χ1) is 8.20. The molecule has 0 atom stereocenters. The molecule has 0 N–H and O–H groups in total. The van der Waals surface area contributed by atoms with Crippen molar-refractivity contribution in [1.82, 2.24) is 0 Å². The van der Waals surface area contributed by atoms with Crippen molar-refractivity contribution in [3.63, 3.8) is 0 Å². The highest BCUT2D eigenvalue weighted by molar-refractivity contribution is 4.88. The zero-order valence-electron chi connectivity index (χ0n) is 13.3. The fourth-order valence-corrected chi connectivity index (χ4v) is 3.25. The van der Waals surface area contributed by atoms with E-state index in [1.54, 1.807) is 25.7 Å². The van der Waals surface area contributed by atoms with Crippen LogP contribution in [0.3, 0.4) is 0 Å². The van der Waals surface area contributed by atoms with Gasteiger partial charge in [0.15, 0.2) is 0 Å². The van der Waals surface area contributed by atoms with Crippen molar-refractivity contribution in [2.45, 2.75) is 100 Å². The molecule has 0 aromatic rings. The summed E-state index contributed by atoms with van der Waals surface area (Å²) in [5.41, 5.74) is 0.818. The maximum atomic E-state index is 2.43. The van der Waals surface area contributed by atoms with E-state index in [9.17, 15) is 0 Å². The molecule has 0 radical (unpaired) electrons. The average molecular weight is 257 g/mol. The third kappa shape index (κ3) is 6.25. The molecular formula is C18H40. The number of hydrogen-bond donors (Lipinski definition) is 0. The quantitative estimate of drug-likeness (QED) is 0.434. The molecule has 0 unspecified atom stereocenters. The maximum Gasteiger partial charge on any atom is -0.0297 e. The maximum absolute atomic E-state index is 2.43. The molecule has 0 bridgehead atoms. The molecule has 0 aromatic carbocycles. The highest BCUT2D eigenvalue weighted by Crippen LogP contribution is 2.49. The third-order valence-electron chi connectivity index (χ3n) is 4.67. The summed E-state index contributed by atoms with van der Waals surface area (Å²) in [6, 6.07) is 0. The Bertz CT molecular complexity index is 131. The van der Waals surface area contributed by atoms with E-state index >= 15 is 0 Å². The molecule has 112 valence electrons. The summed E-state index contributed by atoms with van der Waals surface area (Å²) in [5, 5.41) is 0. The van der Waals surface area contributed by atoms with Crippen LogP contribution >= 0.6 is 0 Å². The summed E-state index contributed by atoms with van der Waals surface area (Å²) in [7, 11) is 0. The zero-order chi connectivity index (χ0) is 13.3. The first kappa shape index (κ1) is 20.3. The topological polar surface area (TPSA) is 0 Å². The Hall–Kier alpha value is 0. The van der Waals surface area contributed by atoms with E-state index in [-0.39, 0.29) is 7.43 Å². The molecule has 2 fully saturated rings. The summed E-state index contributed by atoms with van der Waals surface area (Å²) in [6.07, 6.45) is 12.2. The highest BCUT2D eigenvalue weighted by Gasteiger charge is 2.36. The normalized spacial score (nSPS) is 34.3. The summed E-state index contributed by atoms with van der Waals surface area (Å²) >= 11 is 0. The minimum atomic E-state index is 0. The second-order valence-electron chi connectivity index (χ2n) is 5.87. The Balaban J connectivity index is 0. The van der Waals surface area contributed by atoms with E-state index in [0.717, 1.165) is 17.3 Å². The van der Waals surface area contributed by atoms with Crippen LogP contribution in [0.5, 0.6) is 0 Å². The number of hydrogen-bond acceptors (Lipinski definition) is 0. The van der Waals surface area contributed by atoms with Gasteiger partial charge in [-0.25, -0.2) is 0 Å². The molecule has 0 aromatic heterocycles. The van der Waals surface area contributed by atoms with Crippen LogP contribution in [-0.2, 0) is 0 Å². The lowest BCUT2D eigenvalue weighted by molar-refractivity contribution is 0.0833.